The Morgan fingerprint density at radius 2 is 2.10 bits per heavy atom. The highest BCUT2D eigenvalue weighted by Gasteiger charge is 2.18. The van der Waals surface area contributed by atoms with Crippen molar-refractivity contribution in [3.63, 3.8) is 0 Å². The van der Waals surface area contributed by atoms with E-state index in [1.54, 1.807) is 6.07 Å². The minimum absolute atomic E-state index is 0.00277. The normalized spacial score (nSPS) is 12.2. The lowest BCUT2D eigenvalue weighted by Gasteiger charge is -2.17. The number of nitrogens with one attached hydrogen (secondary N) is 1. The Kier molecular flexibility index (Phi) is 4.32. The Balaban J connectivity index is 2.33. The minimum Gasteiger partial charge on any atom is -0.377 e. The second-order valence-corrected chi connectivity index (χ2v) is 5.85. The van der Waals surface area contributed by atoms with Crippen molar-refractivity contribution in [2.24, 2.45) is 7.05 Å². The van der Waals surface area contributed by atoms with Crippen LogP contribution in [0.1, 0.15) is 29.9 Å². The van der Waals surface area contributed by atoms with Gasteiger partial charge in [0.25, 0.3) is 5.69 Å². The Hall–Kier alpha value is -1.89. The maximum Gasteiger partial charge on any atom is 0.271 e. The molecule has 6 nitrogen and oxygen atoms in total. The second kappa shape index (κ2) is 5.85. The fourth-order valence-corrected chi connectivity index (χ4v) is 2.82. The molecule has 0 aliphatic carbocycles. The van der Waals surface area contributed by atoms with Crippen molar-refractivity contribution in [3.05, 3.63) is 49.7 Å². The summed E-state index contributed by atoms with van der Waals surface area (Å²) in [5, 5.41) is 18.6. The van der Waals surface area contributed by atoms with Crippen LogP contribution in [0.2, 0.25) is 0 Å². The van der Waals surface area contributed by atoms with Gasteiger partial charge in [-0.25, -0.2) is 0 Å². The van der Waals surface area contributed by atoms with Gasteiger partial charge in [0.05, 0.1) is 22.3 Å². The first-order chi connectivity index (χ1) is 9.81. The van der Waals surface area contributed by atoms with Crippen LogP contribution in [0.25, 0.3) is 0 Å². The monoisotopic (exact) mass is 352 g/mol. The highest BCUT2D eigenvalue weighted by atomic mass is 79.9. The molecule has 0 amide bonds. The van der Waals surface area contributed by atoms with E-state index in [2.05, 4.69) is 26.3 Å². The maximum atomic E-state index is 10.9. The smallest absolute Gasteiger partial charge is 0.271 e. The number of hydrogen-bond acceptors (Lipinski definition) is 4. The number of anilines is 1. The number of aryl methyl sites for hydroxylation is 2. The van der Waals surface area contributed by atoms with Gasteiger partial charge in [0.2, 0.25) is 0 Å². The topological polar surface area (TPSA) is 73.0 Å². The molecule has 0 bridgehead atoms. The summed E-state index contributed by atoms with van der Waals surface area (Å²) < 4.78 is 2.63. The predicted molar refractivity (Wildman–Crippen MR) is 85.5 cm³/mol. The highest BCUT2D eigenvalue weighted by molar-refractivity contribution is 9.10. The van der Waals surface area contributed by atoms with Crippen LogP contribution in [-0.2, 0) is 7.05 Å². The molecule has 0 spiro atoms. The van der Waals surface area contributed by atoms with E-state index in [1.165, 1.54) is 12.1 Å². The van der Waals surface area contributed by atoms with Gasteiger partial charge < -0.3 is 5.32 Å². The number of nitro benzene ring substituents is 1. The maximum absolute atomic E-state index is 10.9. The Morgan fingerprint density at radius 3 is 2.62 bits per heavy atom. The van der Waals surface area contributed by atoms with Crippen LogP contribution >= 0.6 is 15.9 Å². The molecule has 0 saturated heterocycles. The Bertz CT molecular complexity index is 697. The molecule has 2 rings (SSSR count). The summed E-state index contributed by atoms with van der Waals surface area (Å²) in [4.78, 5) is 10.5. The lowest BCUT2D eigenvalue weighted by atomic mass is 10.1. The van der Waals surface area contributed by atoms with Crippen molar-refractivity contribution >= 4 is 27.3 Å². The molecule has 21 heavy (non-hydrogen) atoms. The summed E-state index contributed by atoms with van der Waals surface area (Å²) in [6.07, 6.45) is 0. The van der Waals surface area contributed by atoms with Gasteiger partial charge in [0.1, 0.15) is 0 Å². The number of aromatic nitrogens is 2. The summed E-state index contributed by atoms with van der Waals surface area (Å²) in [5.74, 6) is 0. The largest absolute Gasteiger partial charge is 0.377 e. The Labute approximate surface area is 131 Å². The first-order valence-electron chi connectivity index (χ1n) is 6.51. The standard InChI is InChI=1S/C14H17BrN4O2/c1-8(14-9(2)17-18(4)10(14)3)16-13-7-11(19(20)21)5-6-12(13)15/h5-8,16H,1-4H3. The van der Waals surface area contributed by atoms with Gasteiger partial charge in [0.15, 0.2) is 0 Å². The molecular weight excluding hydrogens is 336 g/mol. The zero-order valence-corrected chi connectivity index (χ0v) is 13.9. The molecule has 1 aromatic carbocycles. The number of hydrogen-bond donors (Lipinski definition) is 1. The van der Waals surface area contributed by atoms with Gasteiger partial charge in [0, 0.05) is 34.9 Å². The van der Waals surface area contributed by atoms with E-state index in [0.717, 1.165) is 21.4 Å². The molecule has 0 aliphatic heterocycles. The zero-order valence-electron chi connectivity index (χ0n) is 12.3. The van der Waals surface area contributed by atoms with Crippen LogP contribution in [0, 0.1) is 24.0 Å². The zero-order chi connectivity index (χ0) is 15.7. The van der Waals surface area contributed by atoms with Gasteiger partial charge in [-0.05, 0) is 42.8 Å². The van der Waals surface area contributed by atoms with Crippen LogP contribution in [0.5, 0.6) is 0 Å². The van der Waals surface area contributed by atoms with Crippen molar-refractivity contribution in [3.8, 4) is 0 Å². The van der Waals surface area contributed by atoms with Gasteiger partial charge >= 0.3 is 0 Å². The van der Waals surface area contributed by atoms with E-state index < -0.39 is 4.92 Å². The molecule has 1 aromatic heterocycles. The first kappa shape index (κ1) is 15.5. The lowest BCUT2D eigenvalue weighted by Crippen LogP contribution is -2.09. The third-order valence-electron chi connectivity index (χ3n) is 3.53. The summed E-state index contributed by atoms with van der Waals surface area (Å²) in [6, 6.07) is 4.68. The van der Waals surface area contributed by atoms with Crippen LogP contribution in [0.3, 0.4) is 0 Å². The number of rotatable bonds is 4. The molecule has 1 heterocycles. The van der Waals surface area contributed by atoms with E-state index in [0.29, 0.717) is 5.69 Å². The molecule has 112 valence electrons. The molecule has 0 fully saturated rings. The quantitative estimate of drug-likeness (QED) is 0.669. The van der Waals surface area contributed by atoms with E-state index >= 15 is 0 Å². The number of halogens is 1. The average Bonchev–Trinajstić information content (AvgIpc) is 2.65. The van der Waals surface area contributed by atoms with Crippen molar-refractivity contribution in [2.45, 2.75) is 26.8 Å². The molecule has 2 aromatic rings. The second-order valence-electron chi connectivity index (χ2n) is 5.00. The van der Waals surface area contributed by atoms with Gasteiger partial charge in [-0.2, -0.15) is 5.10 Å². The van der Waals surface area contributed by atoms with Crippen molar-refractivity contribution in [1.29, 1.82) is 0 Å². The van der Waals surface area contributed by atoms with Crippen molar-refractivity contribution in [2.75, 3.05) is 5.32 Å². The molecule has 0 saturated carbocycles. The average molecular weight is 353 g/mol. The molecule has 0 radical (unpaired) electrons. The van der Waals surface area contributed by atoms with Crippen LogP contribution < -0.4 is 5.32 Å². The van der Waals surface area contributed by atoms with Crippen molar-refractivity contribution in [1.82, 2.24) is 9.78 Å². The van der Waals surface area contributed by atoms with Gasteiger partial charge in [-0.3, -0.25) is 14.8 Å². The minimum atomic E-state index is -0.400. The predicted octanol–water partition coefficient (Wildman–Crippen LogP) is 3.88. The van der Waals surface area contributed by atoms with Crippen molar-refractivity contribution < 1.29 is 4.92 Å². The number of non-ortho nitro benzene ring substituents is 1. The molecule has 1 atom stereocenters. The van der Waals surface area contributed by atoms with Gasteiger partial charge in [-0.15, -0.1) is 0 Å². The Morgan fingerprint density at radius 1 is 1.43 bits per heavy atom. The third-order valence-corrected chi connectivity index (χ3v) is 4.22. The fraction of sp³-hybridized carbons (Fsp3) is 0.357. The molecule has 1 unspecified atom stereocenters. The SMILES string of the molecule is Cc1nn(C)c(C)c1C(C)Nc1cc([N+](=O)[O-])ccc1Br. The number of benzene rings is 1. The summed E-state index contributed by atoms with van der Waals surface area (Å²) >= 11 is 3.42. The summed E-state index contributed by atoms with van der Waals surface area (Å²) in [5.41, 5.74) is 3.90. The fourth-order valence-electron chi connectivity index (χ4n) is 2.46. The van der Waals surface area contributed by atoms with E-state index in [4.69, 9.17) is 0 Å². The van der Waals surface area contributed by atoms with Crippen LogP contribution in [-0.4, -0.2) is 14.7 Å². The summed E-state index contributed by atoms with van der Waals surface area (Å²) in [6.45, 7) is 5.99. The van der Waals surface area contributed by atoms with E-state index in [1.807, 2.05) is 32.5 Å². The van der Waals surface area contributed by atoms with E-state index in [-0.39, 0.29) is 11.7 Å². The highest BCUT2D eigenvalue weighted by Crippen LogP contribution is 2.31. The molecule has 7 heteroatoms. The molecule has 0 aliphatic rings. The van der Waals surface area contributed by atoms with Crippen LogP contribution in [0.4, 0.5) is 11.4 Å². The number of nitro groups is 1. The third kappa shape index (κ3) is 3.07. The van der Waals surface area contributed by atoms with Gasteiger partial charge in [-0.1, -0.05) is 0 Å². The van der Waals surface area contributed by atoms with E-state index in [9.17, 15) is 10.1 Å². The van der Waals surface area contributed by atoms with Crippen LogP contribution in [0.15, 0.2) is 22.7 Å². The molecular formula is C14H17BrN4O2. The molecule has 1 N–H and O–H groups in total. The lowest BCUT2D eigenvalue weighted by molar-refractivity contribution is -0.384. The number of nitrogens with zero attached hydrogens (tertiary/aromatic N) is 3. The summed E-state index contributed by atoms with van der Waals surface area (Å²) in [7, 11) is 1.90. The first-order valence-corrected chi connectivity index (χ1v) is 7.31.